The van der Waals surface area contributed by atoms with Gasteiger partial charge in [-0.25, -0.2) is 4.39 Å². The lowest BCUT2D eigenvalue weighted by Gasteiger charge is -2.14. The van der Waals surface area contributed by atoms with E-state index in [1.807, 2.05) is 0 Å². The molecule has 0 bridgehead atoms. The van der Waals surface area contributed by atoms with Crippen molar-refractivity contribution in [2.75, 3.05) is 12.4 Å². The number of carbonyl (C=O) groups excluding carboxylic acids is 1. The highest BCUT2D eigenvalue weighted by molar-refractivity contribution is 5.95. The Morgan fingerprint density at radius 1 is 1.25 bits per heavy atom. The fourth-order valence-electron chi connectivity index (χ4n) is 1.76. The second-order valence-electron chi connectivity index (χ2n) is 4.15. The summed E-state index contributed by atoms with van der Waals surface area (Å²) in [5.74, 6) is -0.886. The lowest BCUT2D eigenvalue weighted by Crippen LogP contribution is -2.21. The number of carbonyl (C=O) groups is 1. The third kappa shape index (κ3) is 3.13. The van der Waals surface area contributed by atoms with Gasteiger partial charge in [-0.2, -0.15) is 0 Å². The Hall–Kier alpha value is -2.40. The van der Waals surface area contributed by atoms with Crippen molar-refractivity contribution in [3.8, 4) is 5.75 Å². The van der Waals surface area contributed by atoms with E-state index in [0.29, 0.717) is 11.3 Å². The first-order valence-corrected chi connectivity index (χ1v) is 5.99. The number of anilines is 1. The second-order valence-corrected chi connectivity index (χ2v) is 4.15. The van der Waals surface area contributed by atoms with Gasteiger partial charge in [0.05, 0.1) is 12.8 Å². The highest BCUT2D eigenvalue weighted by Crippen LogP contribution is 2.26. The van der Waals surface area contributed by atoms with Gasteiger partial charge in [-0.3, -0.25) is 4.79 Å². The number of hydrogen-bond acceptors (Lipinski definition) is 3. The first-order valence-electron chi connectivity index (χ1n) is 5.99. The predicted octanol–water partition coefficient (Wildman–Crippen LogP) is 2.51. The summed E-state index contributed by atoms with van der Waals surface area (Å²) in [5.41, 5.74) is 0.778. The number of aliphatic hydroxyl groups excluding tert-OH is 1. The van der Waals surface area contributed by atoms with Crippen LogP contribution in [0, 0.1) is 5.82 Å². The van der Waals surface area contributed by atoms with Crippen LogP contribution in [0.15, 0.2) is 48.5 Å². The first-order chi connectivity index (χ1) is 9.61. The average Bonchev–Trinajstić information content (AvgIpc) is 2.49. The highest BCUT2D eigenvalue weighted by Gasteiger charge is 2.18. The predicted molar refractivity (Wildman–Crippen MR) is 73.0 cm³/mol. The summed E-state index contributed by atoms with van der Waals surface area (Å²) in [6.45, 7) is 0. The monoisotopic (exact) mass is 275 g/mol. The maximum absolute atomic E-state index is 13.1. The largest absolute Gasteiger partial charge is 0.494 e. The molecule has 0 radical (unpaired) electrons. The number of ether oxygens (including phenoxy) is 1. The van der Waals surface area contributed by atoms with E-state index in [9.17, 15) is 14.3 Å². The molecule has 0 aliphatic rings. The maximum Gasteiger partial charge on any atom is 0.257 e. The topological polar surface area (TPSA) is 58.6 Å². The van der Waals surface area contributed by atoms with Crippen LogP contribution < -0.4 is 10.1 Å². The molecule has 5 heteroatoms. The molecule has 0 aliphatic heterocycles. The molecule has 1 amide bonds. The zero-order valence-electron chi connectivity index (χ0n) is 10.8. The number of hydrogen-bond donors (Lipinski definition) is 2. The summed E-state index contributed by atoms with van der Waals surface area (Å²) in [6, 6.07) is 12.3. The van der Waals surface area contributed by atoms with Crippen molar-refractivity contribution in [3.63, 3.8) is 0 Å². The van der Waals surface area contributed by atoms with E-state index >= 15 is 0 Å². The number of nitrogens with one attached hydrogen (secondary N) is 1. The van der Waals surface area contributed by atoms with Gasteiger partial charge < -0.3 is 15.2 Å². The van der Waals surface area contributed by atoms with Crippen molar-refractivity contribution in [3.05, 3.63) is 59.9 Å². The minimum absolute atomic E-state index is 0.193. The van der Waals surface area contributed by atoms with Gasteiger partial charge in [0.25, 0.3) is 5.91 Å². The lowest BCUT2D eigenvalue weighted by atomic mass is 10.1. The van der Waals surface area contributed by atoms with Gasteiger partial charge in [0.2, 0.25) is 0 Å². The molecule has 1 atom stereocenters. The molecular formula is C15H14FNO3. The summed E-state index contributed by atoms with van der Waals surface area (Å²) >= 11 is 0. The molecule has 20 heavy (non-hydrogen) atoms. The second kappa shape index (κ2) is 6.16. The Bertz CT molecular complexity index is 601. The SMILES string of the molecule is COc1cc(F)ccc1NC(=O)C(O)c1ccccc1. The number of methoxy groups -OCH3 is 1. The number of amides is 1. The quantitative estimate of drug-likeness (QED) is 0.901. The average molecular weight is 275 g/mol. The van der Waals surface area contributed by atoms with Crippen LogP contribution >= 0.6 is 0 Å². The van der Waals surface area contributed by atoms with Crippen LogP contribution in [-0.4, -0.2) is 18.1 Å². The highest BCUT2D eigenvalue weighted by atomic mass is 19.1. The van der Waals surface area contributed by atoms with E-state index in [4.69, 9.17) is 4.74 Å². The van der Waals surface area contributed by atoms with Gasteiger partial charge in [-0.1, -0.05) is 30.3 Å². The minimum Gasteiger partial charge on any atom is -0.494 e. The molecule has 0 saturated heterocycles. The van der Waals surface area contributed by atoms with E-state index in [-0.39, 0.29) is 5.75 Å². The van der Waals surface area contributed by atoms with Crippen molar-refractivity contribution in [1.82, 2.24) is 0 Å². The van der Waals surface area contributed by atoms with Gasteiger partial charge in [0, 0.05) is 6.07 Å². The summed E-state index contributed by atoms with van der Waals surface area (Å²) in [5, 5.41) is 12.4. The number of halogens is 1. The molecule has 2 N–H and O–H groups in total. The Morgan fingerprint density at radius 3 is 2.60 bits per heavy atom. The number of benzene rings is 2. The molecule has 2 rings (SSSR count). The van der Waals surface area contributed by atoms with Crippen molar-refractivity contribution in [2.45, 2.75) is 6.10 Å². The number of rotatable bonds is 4. The molecule has 4 nitrogen and oxygen atoms in total. The van der Waals surface area contributed by atoms with Crippen LogP contribution in [0.2, 0.25) is 0 Å². The van der Waals surface area contributed by atoms with Gasteiger partial charge in [-0.15, -0.1) is 0 Å². The zero-order chi connectivity index (χ0) is 14.5. The third-order valence-corrected chi connectivity index (χ3v) is 2.79. The Kier molecular flexibility index (Phi) is 4.32. The number of aliphatic hydroxyl groups is 1. The van der Waals surface area contributed by atoms with Gasteiger partial charge >= 0.3 is 0 Å². The van der Waals surface area contributed by atoms with E-state index in [2.05, 4.69) is 5.32 Å². The maximum atomic E-state index is 13.1. The van der Waals surface area contributed by atoms with Crippen LogP contribution in [0.4, 0.5) is 10.1 Å². The van der Waals surface area contributed by atoms with Crippen molar-refractivity contribution in [2.24, 2.45) is 0 Å². The molecule has 0 saturated carbocycles. The van der Waals surface area contributed by atoms with Gasteiger partial charge in [0.15, 0.2) is 6.10 Å². The smallest absolute Gasteiger partial charge is 0.257 e. The van der Waals surface area contributed by atoms with E-state index in [1.54, 1.807) is 30.3 Å². The summed E-state index contributed by atoms with van der Waals surface area (Å²) in [6.07, 6.45) is -1.30. The summed E-state index contributed by atoms with van der Waals surface area (Å²) in [7, 11) is 1.37. The van der Waals surface area contributed by atoms with Crippen LogP contribution in [0.5, 0.6) is 5.75 Å². The Balaban J connectivity index is 2.16. The molecule has 1 unspecified atom stereocenters. The molecule has 0 aromatic heterocycles. The van der Waals surface area contributed by atoms with Crippen molar-refractivity contribution < 1.29 is 19.0 Å². The molecule has 0 spiro atoms. The Labute approximate surface area is 115 Å². The summed E-state index contributed by atoms with van der Waals surface area (Å²) < 4.78 is 18.0. The molecular weight excluding hydrogens is 261 g/mol. The van der Waals surface area contributed by atoms with Crippen LogP contribution in [-0.2, 0) is 4.79 Å². The van der Waals surface area contributed by atoms with E-state index in [1.165, 1.54) is 19.2 Å². The molecule has 2 aromatic rings. The molecule has 2 aromatic carbocycles. The van der Waals surface area contributed by atoms with E-state index < -0.39 is 17.8 Å². The van der Waals surface area contributed by atoms with Crippen LogP contribution in [0.25, 0.3) is 0 Å². The normalized spacial score (nSPS) is 11.8. The fraction of sp³-hybridized carbons (Fsp3) is 0.133. The third-order valence-electron chi connectivity index (χ3n) is 2.79. The molecule has 0 fully saturated rings. The lowest BCUT2D eigenvalue weighted by molar-refractivity contribution is -0.124. The minimum atomic E-state index is -1.30. The van der Waals surface area contributed by atoms with Crippen molar-refractivity contribution in [1.29, 1.82) is 0 Å². The van der Waals surface area contributed by atoms with Crippen molar-refractivity contribution >= 4 is 11.6 Å². The summed E-state index contributed by atoms with van der Waals surface area (Å²) in [4.78, 5) is 12.0. The molecule has 104 valence electrons. The van der Waals surface area contributed by atoms with Gasteiger partial charge in [0.1, 0.15) is 11.6 Å². The van der Waals surface area contributed by atoms with Crippen LogP contribution in [0.3, 0.4) is 0 Å². The first kappa shape index (κ1) is 14.0. The van der Waals surface area contributed by atoms with Crippen LogP contribution in [0.1, 0.15) is 11.7 Å². The molecule has 0 heterocycles. The standard InChI is InChI=1S/C15H14FNO3/c1-20-13-9-11(16)7-8-12(13)17-15(19)14(18)10-5-3-2-4-6-10/h2-9,14,18H,1H3,(H,17,19). The molecule has 0 aliphatic carbocycles. The zero-order valence-corrected chi connectivity index (χ0v) is 10.8. The van der Waals surface area contributed by atoms with E-state index in [0.717, 1.165) is 6.07 Å². The fourth-order valence-corrected chi connectivity index (χ4v) is 1.76. The van der Waals surface area contributed by atoms with Gasteiger partial charge in [-0.05, 0) is 17.7 Å². The Morgan fingerprint density at radius 2 is 1.95 bits per heavy atom.